The van der Waals surface area contributed by atoms with Gasteiger partial charge >= 0.3 is 0 Å². The molecule has 2 rings (SSSR count). The summed E-state index contributed by atoms with van der Waals surface area (Å²) in [6, 6.07) is 11.2. The summed E-state index contributed by atoms with van der Waals surface area (Å²) >= 11 is 6.05. The molecule has 0 bridgehead atoms. The fraction of sp³-hybridized carbons (Fsp3) is 0.409. The van der Waals surface area contributed by atoms with Gasteiger partial charge in [0.15, 0.2) is 0 Å². The van der Waals surface area contributed by atoms with Crippen molar-refractivity contribution in [1.29, 1.82) is 0 Å². The topological polar surface area (TPSA) is 66.5 Å². The van der Waals surface area contributed by atoms with E-state index in [4.69, 9.17) is 11.6 Å². The normalized spacial score (nSPS) is 12.5. The standard InChI is InChI=1S/C22H29ClN2O3S/c1-15-8-10-19(13-17(15)3)18(4)24-22(26)7-6-12-25(29(5,27)28)21-14-20(23)11-9-16(21)2/h8-11,13-14,18H,6-7,12H2,1-5H3,(H,24,26)/t18-/m1/s1. The molecular formula is C22H29ClN2O3S. The molecule has 0 aliphatic heterocycles. The van der Waals surface area contributed by atoms with Crippen LogP contribution in [0.1, 0.15) is 48.1 Å². The van der Waals surface area contributed by atoms with Gasteiger partial charge in [-0.1, -0.05) is 35.9 Å². The van der Waals surface area contributed by atoms with E-state index in [2.05, 4.69) is 18.3 Å². The van der Waals surface area contributed by atoms with E-state index in [0.29, 0.717) is 17.1 Å². The number of anilines is 1. The molecule has 2 aromatic carbocycles. The van der Waals surface area contributed by atoms with Crippen LogP contribution in [0.3, 0.4) is 0 Å². The van der Waals surface area contributed by atoms with Gasteiger partial charge in [0.1, 0.15) is 0 Å². The number of nitrogens with zero attached hydrogens (tertiary/aromatic N) is 1. The van der Waals surface area contributed by atoms with Crippen molar-refractivity contribution >= 4 is 33.2 Å². The monoisotopic (exact) mass is 436 g/mol. The minimum Gasteiger partial charge on any atom is -0.350 e. The Kier molecular flexibility index (Phi) is 7.72. The summed E-state index contributed by atoms with van der Waals surface area (Å²) in [4.78, 5) is 12.4. The van der Waals surface area contributed by atoms with Gasteiger partial charge in [-0.3, -0.25) is 9.10 Å². The van der Waals surface area contributed by atoms with Gasteiger partial charge in [0.2, 0.25) is 15.9 Å². The zero-order valence-electron chi connectivity index (χ0n) is 17.6. The first-order chi connectivity index (χ1) is 13.5. The van der Waals surface area contributed by atoms with Crippen molar-refractivity contribution in [2.24, 2.45) is 0 Å². The Balaban J connectivity index is 1.99. The third kappa shape index (κ3) is 6.47. The van der Waals surface area contributed by atoms with E-state index in [-0.39, 0.29) is 24.9 Å². The highest BCUT2D eigenvalue weighted by Gasteiger charge is 2.20. The molecule has 0 spiro atoms. The summed E-state index contributed by atoms with van der Waals surface area (Å²) in [6.45, 7) is 8.09. The second-order valence-electron chi connectivity index (χ2n) is 7.50. The number of halogens is 1. The highest BCUT2D eigenvalue weighted by atomic mass is 35.5. The maximum Gasteiger partial charge on any atom is 0.232 e. The van der Waals surface area contributed by atoms with E-state index in [0.717, 1.165) is 17.4 Å². The molecule has 0 unspecified atom stereocenters. The molecule has 7 heteroatoms. The van der Waals surface area contributed by atoms with Crippen LogP contribution in [0.25, 0.3) is 0 Å². The van der Waals surface area contributed by atoms with Crippen molar-refractivity contribution in [2.75, 3.05) is 17.1 Å². The molecular weight excluding hydrogens is 408 g/mol. The molecule has 1 amide bonds. The zero-order chi connectivity index (χ0) is 21.8. The number of rotatable bonds is 8. The summed E-state index contributed by atoms with van der Waals surface area (Å²) in [5, 5.41) is 3.46. The molecule has 0 saturated carbocycles. The average molecular weight is 437 g/mol. The molecule has 1 N–H and O–H groups in total. The molecule has 29 heavy (non-hydrogen) atoms. The lowest BCUT2D eigenvalue weighted by Crippen LogP contribution is -2.33. The van der Waals surface area contributed by atoms with Crippen molar-refractivity contribution in [3.8, 4) is 0 Å². The fourth-order valence-corrected chi connectivity index (χ4v) is 4.31. The molecule has 0 aliphatic carbocycles. The molecule has 0 heterocycles. The molecule has 0 aromatic heterocycles. The molecule has 158 valence electrons. The van der Waals surface area contributed by atoms with Crippen LogP contribution in [0, 0.1) is 20.8 Å². The smallest absolute Gasteiger partial charge is 0.232 e. The van der Waals surface area contributed by atoms with Gasteiger partial charge in [0.25, 0.3) is 0 Å². The van der Waals surface area contributed by atoms with Gasteiger partial charge in [-0.2, -0.15) is 0 Å². The van der Waals surface area contributed by atoms with E-state index in [1.165, 1.54) is 15.4 Å². The van der Waals surface area contributed by atoms with Crippen LogP contribution in [0.2, 0.25) is 5.02 Å². The molecule has 0 aliphatic rings. The SMILES string of the molecule is Cc1ccc([C@@H](C)NC(=O)CCCN(c2cc(Cl)ccc2C)S(C)(=O)=O)cc1C. The summed E-state index contributed by atoms with van der Waals surface area (Å²) in [6.07, 6.45) is 1.81. The van der Waals surface area contributed by atoms with Gasteiger partial charge in [0, 0.05) is 18.0 Å². The number of sulfonamides is 1. The summed E-state index contributed by atoms with van der Waals surface area (Å²) in [5.41, 5.74) is 4.80. The van der Waals surface area contributed by atoms with Crippen molar-refractivity contribution in [3.05, 3.63) is 63.7 Å². The van der Waals surface area contributed by atoms with Gasteiger partial charge in [0.05, 0.1) is 18.0 Å². The maximum atomic E-state index is 12.4. The molecule has 1 atom stereocenters. The van der Waals surface area contributed by atoms with Gasteiger partial charge in [-0.25, -0.2) is 8.42 Å². The Bertz CT molecular complexity index is 990. The first kappa shape index (κ1) is 23.2. The van der Waals surface area contributed by atoms with Crippen molar-refractivity contribution in [2.45, 2.75) is 46.6 Å². The number of aryl methyl sites for hydroxylation is 3. The third-order valence-electron chi connectivity index (χ3n) is 5.01. The Labute approximate surface area is 179 Å². The van der Waals surface area contributed by atoms with Crippen LogP contribution in [-0.4, -0.2) is 27.1 Å². The first-order valence-corrected chi connectivity index (χ1v) is 11.8. The van der Waals surface area contributed by atoms with Crippen LogP contribution in [-0.2, 0) is 14.8 Å². The lowest BCUT2D eigenvalue weighted by molar-refractivity contribution is -0.121. The Hall–Kier alpha value is -2.05. The molecule has 0 fully saturated rings. The third-order valence-corrected chi connectivity index (χ3v) is 6.43. The lowest BCUT2D eigenvalue weighted by Gasteiger charge is -2.24. The molecule has 5 nitrogen and oxygen atoms in total. The highest BCUT2D eigenvalue weighted by Crippen LogP contribution is 2.26. The largest absolute Gasteiger partial charge is 0.350 e. The number of carbonyl (C=O) groups excluding carboxylic acids is 1. The van der Waals surface area contributed by atoms with Crippen LogP contribution in [0.4, 0.5) is 5.69 Å². The molecule has 0 radical (unpaired) electrons. The number of amides is 1. The average Bonchev–Trinajstić information content (AvgIpc) is 2.62. The van der Waals surface area contributed by atoms with Crippen molar-refractivity contribution in [1.82, 2.24) is 5.32 Å². The Morgan fingerprint density at radius 1 is 1.07 bits per heavy atom. The summed E-state index contributed by atoms with van der Waals surface area (Å²) in [5.74, 6) is -0.105. The van der Waals surface area contributed by atoms with Gasteiger partial charge < -0.3 is 5.32 Å². The van der Waals surface area contributed by atoms with Crippen LogP contribution < -0.4 is 9.62 Å². The highest BCUT2D eigenvalue weighted by molar-refractivity contribution is 7.92. The summed E-state index contributed by atoms with van der Waals surface area (Å²) < 4.78 is 25.9. The van der Waals surface area contributed by atoms with Crippen LogP contribution >= 0.6 is 11.6 Å². The summed E-state index contributed by atoms with van der Waals surface area (Å²) in [7, 11) is -3.49. The number of hydrogen-bond donors (Lipinski definition) is 1. The minimum absolute atomic E-state index is 0.105. The second-order valence-corrected chi connectivity index (χ2v) is 9.85. The molecule has 2 aromatic rings. The van der Waals surface area contributed by atoms with E-state index in [9.17, 15) is 13.2 Å². The van der Waals surface area contributed by atoms with Crippen LogP contribution in [0.5, 0.6) is 0 Å². The number of carbonyl (C=O) groups is 1. The van der Waals surface area contributed by atoms with Crippen molar-refractivity contribution in [3.63, 3.8) is 0 Å². The quantitative estimate of drug-likeness (QED) is 0.652. The minimum atomic E-state index is -3.49. The van der Waals surface area contributed by atoms with E-state index in [1.807, 2.05) is 32.9 Å². The molecule has 0 saturated heterocycles. The number of nitrogens with one attached hydrogen (secondary N) is 1. The van der Waals surface area contributed by atoms with E-state index in [1.54, 1.807) is 18.2 Å². The lowest BCUT2D eigenvalue weighted by atomic mass is 10.0. The van der Waals surface area contributed by atoms with Crippen molar-refractivity contribution < 1.29 is 13.2 Å². The second kappa shape index (κ2) is 9.63. The van der Waals surface area contributed by atoms with Gasteiger partial charge in [-0.05, 0) is 68.5 Å². The number of benzene rings is 2. The fourth-order valence-electron chi connectivity index (χ4n) is 3.13. The van der Waals surface area contributed by atoms with E-state index < -0.39 is 10.0 Å². The maximum absolute atomic E-state index is 12.4. The number of hydrogen-bond acceptors (Lipinski definition) is 3. The predicted octanol–water partition coefficient (Wildman–Crippen LogP) is 4.69. The zero-order valence-corrected chi connectivity index (χ0v) is 19.2. The first-order valence-electron chi connectivity index (χ1n) is 9.59. The predicted molar refractivity (Wildman–Crippen MR) is 120 cm³/mol. The van der Waals surface area contributed by atoms with E-state index >= 15 is 0 Å². The Morgan fingerprint density at radius 3 is 2.34 bits per heavy atom. The van der Waals surface area contributed by atoms with Crippen LogP contribution in [0.15, 0.2) is 36.4 Å². The Morgan fingerprint density at radius 2 is 1.72 bits per heavy atom. The van der Waals surface area contributed by atoms with Gasteiger partial charge in [-0.15, -0.1) is 0 Å².